The first-order chi connectivity index (χ1) is 13.0. The van der Waals surface area contributed by atoms with Crippen LogP contribution in [0.15, 0.2) is 58.4 Å². The van der Waals surface area contributed by atoms with E-state index in [1.54, 1.807) is 13.0 Å². The first kappa shape index (κ1) is 19.3. The lowest BCUT2D eigenvalue weighted by atomic mass is 10.0. The van der Waals surface area contributed by atoms with Gasteiger partial charge in [-0.1, -0.05) is 45.8 Å². The summed E-state index contributed by atoms with van der Waals surface area (Å²) in [6.07, 6.45) is 0. The van der Waals surface area contributed by atoms with Crippen LogP contribution in [0, 0.1) is 6.92 Å². The zero-order chi connectivity index (χ0) is 19.4. The van der Waals surface area contributed by atoms with Crippen molar-refractivity contribution in [3.63, 3.8) is 0 Å². The molecule has 1 N–H and O–H groups in total. The van der Waals surface area contributed by atoms with E-state index < -0.39 is 5.97 Å². The highest BCUT2D eigenvalue weighted by molar-refractivity contribution is 9.10. The molecule has 1 amide bonds. The second-order valence-electron chi connectivity index (χ2n) is 5.90. The van der Waals surface area contributed by atoms with Crippen LogP contribution < -0.4 is 5.32 Å². The first-order valence-corrected chi connectivity index (χ1v) is 10.1. The molecule has 6 heteroatoms. The molecule has 0 saturated heterocycles. The number of halogens is 1. The molecule has 0 unspecified atom stereocenters. The Kier molecular flexibility index (Phi) is 6.08. The molecule has 0 spiro atoms. The SMILES string of the molecule is CCOC(=O)c1c(-c2ccc(Br)cc2)csc1NC(=O)c1cccc(C)c1. The monoisotopic (exact) mass is 443 g/mol. The maximum atomic E-state index is 12.6. The number of esters is 1. The normalized spacial score (nSPS) is 10.5. The Balaban J connectivity index is 1.98. The van der Waals surface area contributed by atoms with Gasteiger partial charge in [0.25, 0.3) is 5.91 Å². The third-order valence-electron chi connectivity index (χ3n) is 3.93. The third-order valence-corrected chi connectivity index (χ3v) is 5.36. The molecule has 0 saturated carbocycles. The summed E-state index contributed by atoms with van der Waals surface area (Å²) >= 11 is 4.73. The van der Waals surface area contributed by atoms with E-state index in [1.165, 1.54) is 11.3 Å². The average Bonchev–Trinajstić information content (AvgIpc) is 3.06. The van der Waals surface area contributed by atoms with Crippen LogP contribution in [0.25, 0.3) is 11.1 Å². The molecular weight excluding hydrogens is 426 g/mol. The Bertz CT molecular complexity index is 979. The van der Waals surface area contributed by atoms with Crippen molar-refractivity contribution in [1.29, 1.82) is 0 Å². The summed E-state index contributed by atoms with van der Waals surface area (Å²) in [5, 5.41) is 5.21. The van der Waals surface area contributed by atoms with E-state index in [-0.39, 0.29) is 12.5 Å². The zero-order valence-corrected chi connectivity index (χ0v) is 17.3. The van der Waals surface area contributed by atoms with Gasteiger partial charge >= 0.3 is 5.97 Å². The van der Waals surface area contributed by atoms with E-state index in [9.17, 15) is 9.59 Å². The van der Waals surface area contributed by atoms with Crippen LogP contribution >= 0.6 is 27.3 Å². The highest BCUT2D eigenvalue weighted by Gasteiger charge is 2.23. The molecule has 138 valence electrons. The van der Waals surface area contributed by atoms with Crippen LogP contribution in [-0.4, -0.2) is 18.5 Å². The Morgan fingerprint density at radius 3 is 2.56 bits per heavy atom. The van der Waals surface area contributed by atoms with Crippen molar-refractivity contribution in [2.45, 2.75) is 13.8 Å². The number of rotatable bonds is 5. The van der Waals surface area contributed by atoms with Gasteiger partial charge in [0, 0.05) is 21.0 Å². The number of carbonyl (C=O) groups is 2. The van der Waals surface area contributed by atoms with Crippen molar-refractivity contribution < 1.29 is 14.3 Å². The molecule has 3 rings (SSSR count). The van der Waals surface area contributed by atoms with Crippen LogP contribution in [-0.2, 0) is 4.74 Å². The lowest BCUT2D eigenvalue weighted by Crippen LogP contribution is -2.14. The smallest absolute Gasteiger partial charge is 0.341 e. The van der Waals surface area contributed by atoms with Crippen LogP contribution in [0.5, 0.6) is 0 Å². The van der Waals surface area contributed by atoms with Crippen LogP contribution in [0.3, 0.4) is 0 Å². The number of thiophene rings is 1. The molecule has 0 aliphatic rings. The topological polar surface area (TPSA) is 55.4 Å². The van der Waals surface area contributed by atoms with Crippen LogP contribution in [0.4, 0.5) is 5.00 Å². The summed E-state index contributed by atoms with van der Waals surface area (Å²) in [7, 11) is 0. The molecule has 0 bridgehead atoms. The number of hydrogen-bond donors (Lipinski definition) is 1. The number of aryl methyl sites for hydroxylation is 1. The molecule has 27 heavy (non-hydrogen) atoms. The summed E-state index contributed by atoms with van der Waals surface area (Å²) in [5.74, 6) is -0.704. The van der Waals surface area contributed by atoms with Gasteiger partial charge in [0.1, 0.15) is 10.6 Å². The number of benzene rings is 2. The van der Waals surface area contributed by atoms with Gasteiger partial charge in [0.2, 0.25) is 0 Å². The molecule has 3 aromatic rings. The number of anilines is 1. The fraction of sp³-hybridized carbons (Fsp3) is 0.143. The van der Waals surface area contributed by atoms with E-state index in [1.807, 2.05) is 54.8 Å². The number of carbonyl (C=O) groups excluding carboxylic acids is 2. The largest absolute Gasteiger partial charge is 0.462 e. The highest BCUT2D eigenvalue weighted by atomic mass is 79.9. The van der Waals surface area contributed by atoms with Crippen LogP contribution in [0.1, 0.15) is 33.2 Å². The second kappa shape index (κ2) is 8.50. The lowest BCUT2D eigenvalue weighted by Gasteiger charge is -2.09. The van der Waals surface area contributed by atoms with Gasteiger partial charge in [-0.25, -0.2) is 4.79 Å². The van der Waals surface area contributed by atoms with E-state index in [2.05, 4.69) is 21.2 Å². The highest BCUT2D eigenvalue weighted by Crippen LogP contribution is 2.37. The standard InChI is InChI=1S/C21H18BrNO3S/c1-3-26-21(25)18-17(14-7-9-16(22)10-8-14)12-27-20(18)23-19(24)15-6-4-5-13(2)11-15/h4-12H,3H2,1-2H3,(H,23,24). The summed E-state index contributed by atoms with van der Waals surface area (Å²) in [6, 6.07) is 15.0. The Morgan fingerprint density at radius 2 is 1.89 bits per heavy atom. The average molecular weight is 444 g/mol. The fourth-order valence-electron chi connectivity index (χ4n) is 2.66. The predicted octanol–water partition coefficient (Wildman–Crippen LogP) is 5.92. The Hall–Kier alpha value is -2.44. The molecule has 0 atom stereocenters. The van der Waals surface area contributed by atoms with E-state index in [4.69, 9.17) is 4.74 Å². The number of amides is 1. The quantitative estimate of drug-likeness (QED) is 0.498. The second-order valence-corrected chi connectivity index (χ2v) is 7.70. The molecule has 0 radical (unpaired) electrons. The van der Waals surface area contributed by atoms with Crippen molar-refractivity contribution in [2.24, 2.45) is 0 Å². The van der Waals surface area contributed by atoms with Crippen molar-refractivity contribution in [1.82, 2.24) is 0 Å². The fourth-order valence-corrected chi connectivity index (χ4v) is 3.88. The van der Waals surface area contributed by atoms with Crippen molar-refractivity contribution in [3.8, 4) is 11.1 Å². The molecule has 1 aromatic heterocycles. The summed E-state index contributed by atoms with van der Waals surface area (Å²) in [5.41, 5.74) is 3.54. The van der Waals surface area contributed by atoms with Gasteiger partial charge in [0.15, 0.2) is 0 Å². The van der Waals surface area contributed by atoms with Gasteiger partial charge in [-0.3, -0.25) is 4.79 Å². The van der Waals surface area contributed by atoms with Crippen LogP contribution in [0.2, 0.25) is 0 Å². The minimum atomic E-state index is -0.448. The maximum absolute atomic E-state index is 12.6. The van der Waals surface area contributed by atoms with Crippen molar-refractivity contribution >= 4 is 44.1 Å². The Morgan fingerprint density at radius 1 is 1.15 bits per heavy atom. The van der Waals surface area contributed by atoms with E-state index in [0.717, 1.165) is 21.2 Å². The molecule has 2 aromatic carbocycles. The van der Waals surface area contributed by atoms with Gasteiger partial charge in [-0.2, -0.15) is 0 Å². The summed E-state index contributed by atoms with van der Waals surface area (Å²) in [4.78, 5) is 25.2. The van der Waals surface area contributed by atoms with E-state index >= 15 is 0 Å². The van der Waals surface area contributed by atoms with Gasteiger partial charge in [0.05, 0.1) is 6.61 Å². The zero-order valence-electron chi connectivity index (χ0n) is 14.9. The third kappa shape index (κ3) is 4.46. The maximum Gasteiger partial charge on any atom is 0.341 e. The predicted molar refractivity (Wildman–Crippen MR) is 113 cm³/mol. The molecule has 0 aliphatic carbocycles. The molecule has 0 fully saturated rings. The molecule has 4 nitrogen and oxygen atoms in total. The lowest BCUT2D eigenvalue weighted by molar-refractivity contribution is 0.0529. The molecule has 0 aliphatic heterocycles. The Labute approximate surface area is 170 Å². The first-order valence-electron chi connectivity index (χ1n) is 8.42. The van der Waals surface area contributed by atoms with E-state index in [0.29, 0.717) is 16.1 Å². The van der Waals surface area contributed by atoms with Crippen molar-refractivity contribution in [3.05, 3.63) is 75.1 Å². The molecular formula is C21H18BrNO3S. The number of nitrogens with one attached hydrogen (secondary N) is 1. The van der Waals surface area contributed by atoms with Gasteiger partial charge in [-0.15, -0.1) is 11.3 Å². The number of hydrogen-bond acceptors (Lipinski definition) is 4. The minimum absolute atomic E-state index is 0.256. The minimum Gasteiger partial charge on any atom is -0.462 e. The summed E-state index contributed by atoms with van der Waals surface area (Å²) < 4.78 is 6.18. The van der Waals surface area contributed by atoms with Crippen molar-refractivity contribution in [2.75, 3.05) is 11.9 Å². The molecule has 1 heterocycles. The summed E-state index contributed by atoms with van der Waals surface area (Å²) in [6.45, 7) is 3.95. The number of ether oxygens (including phenoxy) is 1. The van der Waals surface area contributed by atoms with Gasteiger partial charge < -0.3 is 10.1 Å². The van der Waals surface area contributed by atoms with Gasteiger partial charge in [-0.05, 0) is 43.7 Å².